The van der Waals surface area contributed by atoms with Gasteiger partial charge in [0.25, 0.3) is 11.8 Å². The smallest absolute Gasteiger partial charge is 0.254 e. The monoisotopic (exact) mass is 352 g/mol. The van der Waals surface area contributed by atoms with Crippen molar-refractivity contribution in [3.05, 3.63) is 35.9 Å². The third-order valence-corrected chi connectivity index (χ3v) is 6.39. The summed E-state index contributed by atoms with van der Waals surface area (Å²) in [5.74, 6) is 2.08. The Balaban J connectivity index is 1.43. The number of imide groups is 1. The number of methoxy groups -OCH3 is 2. The normalized spacial score (nSPS) is 36.5. The van der Waals surface area contributed by atoms with E-state index < -0.39 is 0 Å². The highest BCUT2D eigenvalue weighted by Crippen LogP contribution is 2.65. The van der Waals surface area contributed by atoms with Crippen LogP contribution >= 0.6 is 0 Å². The molecule has 1 saturated heterocycles. The van der Waals surface area contributed by atoms with Crippen LogP contribution in [0.5, 0.6) is 11.5 Å². The van der Waals surface area contributed by atoms with Gasteiger partial charge in [0.1, 0.15) is 11.5 Å². The minimum Gasteiger partial charge on any atom is -0.497 e. The average molecular weight is 352 g/mol. The van der Waals surface area contributed by atoms with Crippen molar-refractivity contribution in [2.24, 2.45) is 40.6 Å². The Kier molecular flexibility index (Phi) is 3.26. The summed E-state index contributed by atoms with van der Waals surface area (Å²) in [6.07, 6.45) is 6.99. The first-order chi connectivity index (χ1) is 12.6. The maximum atomic E-state index is 12.9. The Labute approximate surface area is 151 Å². The van der Waals surface area contributed by atoms with Gasteiger partial charge < -0.3 is 9.47 Å². The van der Waals surface area contributed by atoms with Gasteiger partial charge in [-0.05, 0) is 42.2 Å². The summed E-state index contributed by atoms with van der Waals surface area (Å²) >= 11 is 0. The average Bonchev–Trinajstić information content (AvgIpc) is 3.45. The first-order valence-electron chi connectivity index (χ1n) is 8.96. The van der Waals surface area contributed by atoms with Gasteiger partial charge >= 0.3 is 0 Å². The van der Waals surface area contributed by atoms with Gasteiger partial charge in [-0.15, -0.1) is 0 Å². The van der Waals surface area contributed by atoms with Crippen LogP contribution < -0.4 is 9.47 Å². The minimum atomic E-state index is -0.226. The molecule has 6 atom stereocenters. The summed E-state index contributed by atoms with van der Waals surface area (Å²) in [6.45, 7) is 0. The lowest BCUT2D eigenvalue weighted by Crippen LogP contribution is -2.40. The summed E-state index contributed by atoms with van der Waals surface area (Å²) in [6, 6.07) is 5.32. The van der Waals surface area contributed by atoms with Crippen molar-refractivity contribution in [3.63, 3.8) is 0 Å². The third kappa shape index (κ3) is 2.01. The maximum absolute atomic E-state index is 12.9. The lowest BCUT2D eigenvalue weighted by Gasteiger charge is -2.37. The number of rotatable bonds is 4. The van der Waals surface area contributed by atoms with E-state index in [2.05, 4.69) is 17.3 Å². The zero-order chi connectivity index (χ0) is 18.0. The Hall–Kier alpha value is -2.63. The topological polar surface area (TPSA) is 68.2 Å². The molecule has 6 nitrogen and oxygen atoms in total. The molecule has 26 heavy (non-hydrogen) atoms. The van der Waals surface area contributed by atoms with Crippen LogP contribution in [0.2, 0.25) is 0 Å². The number of hydrazone groups is 1. The molecule has 4 aliphatic carbocycles. The molecule has 6 rings (SSSR count). The van der Waals surface area contributed by atoms with Crippen molar-refractivity contribution < 1.29 is 19.1 Å². The van der Waals surface area contributed by atoms with Crippen LogP contribution in [0, 0.1) is 35.5 Å². The van der Waals surface area contributed by atoms with Crippen LogP contribution in [0.3, 0.4) is 0 Å². The van der Waals surface area contributed by atoms with Crippen molar-refractivity contribution >= 4 is 18.0 Å². The molecule has 0 aromatic heterocycles. The SMILES string of the molecule is COc1ccc(/C=N\N2C(=O)[C@@H]3[C@H]4C=C[C@@H]([C@@H]5C[C@@H]45)[C@H]3C2=O)c(OC)c1. The Bertz CT molecular complexity index is 825. The van der Waals surface area contributed by atoms with E-state index in [0.717, 1.165) is 11.4 Å². The quantitative estimate of drug-likeness (QED) is 0.473. The highest BCUT2D eigenvalue weighted by Gasteiger charge is 2.67. The van der Waals surface area contributed by atoms with Gasteiger partial charge in [-0.25, -0.2) is 0 Å². The van der Waals surface area contributed by atoms with Gasteiger partial charge in [0, 0.05) is 11.6 Å². The standard InChI is InChI=1S/C20H20N2O4/c1-25-11-4-3-10(16(7-11)26-2)9-21-22-19(23)17-12-5-6-13(15-8-14(12)15)18(17)20(22)24/h3-7,9,12-15,17-18H,8H2,1-2H3/b21-9-/t12-,13-,14-,15-,17+,18+/m0/s1. The number of ether oxygens (including phenoxy) is 2. The minimum absolute atomic E-state index is 0.159. The lowest BCUT2D eigenvalue weighted by molar-refractivity contribution is -0.140. The van der Waals surface area contributed by atoms with E-state index in [0.29, 0.717) is 28.9 Å². The molecule has 1 aromatic carbocycles. The predicted molar refractivity (Wildman–Crippen MR) is 93.7 cm³/mol. The van der Waals surface area contributed by atoms with E-state index in [-0.39, 0.29) is 35.5 Å². The van der Waals surface area contributed by atoms with Gasteiger partial charge in [0.2, 0.25) is 0 Å². The highest BCUT2D eigenvalue weighted by molar-refractivity contribution is 6.06. The van der Waals surface area contributed by atoms with E-state index >= 15 is 0 Å². The van der Waals surface area contributed by atoms with Crippen LogP contribution in [-0.4, -0.2) is 37.3 Å². The van der Waals surface area contributed by atoms with Crippen LogP contribution in [0.1, 0.15) is 12.0 Å². The van der Waals surface area contributed by atoms with Crippen LogP contribution in [0.25, 0.3) is 0 Å². The Morgan fingerprint density at radius 1 is 1.04 bits per heavy atom. The largest absolute Gasteiger partial charge is 0.497 e. The summed E-state index contributed by atoms with van der Waals surface area (Å²) in [7, 11) is 3.14. The molecule has 2 saturated carbocycles. The molecule has 0 unspecified atom stereocenters. The number of amides is 2. The van der Waals surface area contributed by atoms with Crippen molar-refractivity contribution in [2.45, 2.75) is 6.42 Å². The van der Waals surface area contributed by atoms with Gasteiger partial charge in [0.15, 0.2) is 0 Å². The molecule has 1 heterocycles. The molecule has 0 spiro atoms. The number of carbonyl (C=O) groups excluding carboxylic acids is 2. The summed E-state index contributed by atoms with van der Waals surface area (Å²) in [4.78, 5) is 25.8. The molecule has 1 aliphatic heterocycles. The molecule has 2 amide bonds. The lowest BCUT2D eigenvalue weighted by atomic mass is 9.63. The molecular formula is C20H20N2O4. The number of benzene rings is 1. The second kappa shape index (κ2) is 5.43. The van der Waals surface area contributed by atoms with Gasteiger partial charge in [-0.1, -0.05) is 12.2 Å². The maximum Gasteiger partial charge on any atom is 0.254 e. The Morgan fingerprint density at radius 2 is 1.69 bits per heavy atom. The Morgan fingerprint density at radius 3 is 2.27 bits per heavy atom. The third-order valence-electron chi connectivity index (χ3n) is 6.39. The van der Waals surface area contributed by atoms with Crippen molar-refractivity contribution in [2.75, 3.05) is 14.2 Å². The fourth-order valence-corrected chi connectivity index (χ4v) is 5.10. The number of allylic oxidation sites excluding steroid dienone is 2. The van der Waals surface area contributed by atoms with Crippen LogP contribution in [0.4, 0.5) is 0 Å². The summed E-state index contributed by atoms with van der Waals surface area (Å²) in [5.41, 5.74) is 0.688. The van der Waals surface area contributed by atoms with Crippen molar-refractivity contribution in [3.8, 4) is 11.5 Å². The summed E-state index contributed by atoms with van der Waals surface area (Å²) in [5, 5.41) is 5.32. The van der Waals surface area contributed by atoms with E-state index in [1.54, 1.807) is 32.4 Å². The summed E-state index contributed by atoms with van der Waals surface area (Å²) < 4.78 is 10.5. The number of hydrogen-bond acceptors (Lipinski definition) is 5. The molecule has 5 aliphatic rings. The molecule has 6 heteroatoms. The highest BCUT2D eigenvalue weighted by atomic mass is 16.5. The van der Waals surface area contributed by atoms with Crippen LogP contribution in [-0.2, 0) is 9.59 Å². The molecule has 1 aromatic rings. The van der Waals surface area contributed by atoms with Gasteiger partial charge in [-0.2, -0.15) is 10.1 Å². The second-order valence-electron chi connectivity index (χ2n) is 7.50. The molecule has 0 N–H and O–H groups in total. The fraction of sp³-hybridized carbons (Fsp3) is 0.450. The van der Waals surface area contributed by atoms with Gasteiger partial charge in [-0.3, -0.25) is 9.59 Å². The zero-order valence-corrected chi connectivity index (χ0v) is 14.7. The second-order valence-corrected chi connectivity index (χ2v) is 7.50. The van der Waals surface area contributed by atoms with Crippen molar-refractivity contribution in [1.82, 2.24) is 5.01 Å². The molecule has 3 fully saturated rings. The molecular weight excluding hydrogens is 332 g/mol. The first-order valence-corrected chi connectivity index (χ1v) is 8.96. The van der Waals surface area contributed by atoms with Crippen molar-refractivity contribution in [1.29, 1.82) is 0 Å². The number of carbonyl (C=O) groups is 2. The van der Waals surface area contributed by atoms with Gasteiger partial charge in [0.05, 0.1) is 32.3 Å². The van der Waals surface area contributed by atoms with E-state index in [4.69, 9.17) is 9.47 Å². The number of hydrogen-bond donors (Lipinski definition) is 0. The number of nitrogens with zero attached hydrogens (tertiary/aromatic N) is 2. The van der Waals surface area contributed by atoms with Crippen LogP contribution in [0.15, 0.2) is 35.5 Å². The zero-order valence-electron chi connectivity index (χ0n) is 14.7. The van der Waals surface area contributed by atoms with E-state index in [1.807, 2.05) is 0 Å². The predicted octanol–water partition coefficient (Wildman–Crippen LogP) is 2.09. The van der Waals surface area contributed by atoms with E-state index in [9.17, 15) is 9.59 Å². The fourth-order valence-electron chi connectivity index (χ4n) is 5.10. The first kappa shape index (κ1) is 15.6. The molecule has 134 valence electrons. The molecule has 0 radical (unpaired) electrons. The molecule has 2 bridgehead atoms. The van der Waals surface area contributed by atoms with E-state index in [1.165, 1.54) is 6.21 Å².